The van der Waals surface area contributed by atoms with Crippen molar-refractivity contribution in [2.45, 2.75) is 10.6 Å². The molecule has 0 amide bonds. The van der Waals surface area contributed by atoms with Gasteiger partial charge in [-0.1, -0.05) is 12.1 Å². The minimum atomic E-state index is -6.00. The summed E-state index contributed by atoms with van der Waals surface area (Å²) < 4.78 is 44.2. The predicted octanol–water partition coefficient (Wildman–Crippen LogP) is 5.28. The van der Waals surface area contributed by atoms with E-state index < -0.39 is 17.1 Å². The number of fused-ring (bicyclic) bond motifs is 1. The first-order chi connectivity index (χ1) is 18.4. The Balaban J connectivity index is 0.000000771. The molecule has 4 rings (SSSR count). The van der Waals surface area contributed by atoms with E-state index in [0.29, 0.717) is 5.36 Å². The summed E-state index contributed by atoms with van der Waals surface area (Å²) in [5.41, 5.74) is 5.49. The molecule has 2 aliphatic rings. The van der Waals surface area contributed by atoms with E-state index in [0.717, 1.165) is 33.6 Å². The Morgan fingerprint density at radius 3 is 2.28 bits per heavy atom. The van der Waals surface area contributed by atoms with Gasteiger partial charge in [0.2, 0.25) is 5.36 Å². The average molecular weight is 582 g/mol. The van der Waals surface area contributed by atoms with Crippen molar-refractivity contribution < 1.29 is 36.9 Å². The topological polar surface area (TPSA) is 122 Å². The van der Waals surface area contributed by atoms with Gasteiger partial charge in [0.15, 0.2) is 5.69 Å². The third-order valence-electron chi connectivity index (χ3n) is 4.97. The zero-order chi connectivity index (χ0) is 28.6. The minimum absolute atomic E-state index is 0.125. The zero-order valence-electron chi connectivity index (χ0n) is 20.0. The van der Waals surface area contributed by atoms with E-state index >= 15 is 0 Å². The standard InChI is InChI=1S/C23H18N4O5S2.BF4/c1-32-19-7-2-15(3-8-19)12-34-23-14-33-13-16-4-5-17(10-20(16)23)24-25-21-9-6-18(26(28)29)11-22(21)27(30)31;2-1(3,4)5/h2-11,13-14,25H,12H2,1H3;/q;-1/p+1/b24-17+;. The van der Waals surface area contributed by atoms with Crippen LogP contribution in [0.25, 0.3) is 11.1 Å². The SMILES string of the molecule is COc1ccc(CSc2cscc3cc/c(=[NH+]\Nc4ccc([N+](=O)[O-])cc4[N+](=O)[O-])cc2-3)cc1.F[B-](F)(F)F. The molecule has 2 aromatic carbocycles. The van der Waals surface area contributed by atoms with Gasteiger partial charge in [-0.3, -0.25) is 20.2 Å². The van der Waals surface area contributed by atoms with Gasteiger partial charge in [0, 0.05) is 39.8 Å². The Kier molecular flexibility index (Phi) is 9.84. The maximum Gasteiger partial charge on any atom is 0.673 e. The highest BCUT2D eigenvalue weighted by Gasteiger charge is 2.21. The molecule has 0 atom stereocenters. The van der Waals surface area contributed by atoms with Crippen molar-refractivity contribution >= 4 is 47.4 Å². The number of nitrogens with one attached hydrogen (secondary N) is 2. The summed E-state index contributed by atoms with van der Waals surface area (Å²) in [5, 5.41) is 30.1. The molecule has 1 aliphatic heterocycles. The highest BCUT2D eigenvalue weighted by Crippen LogP contribution is 2.35. The summed E-state index contributed by atoms with van der Waals surface area (Å²) in [7, 11) is -4.36. The maximum absolute atomic E-state index is 11.4. The molecule has 0 saturated carbocycles. The normalized spacial score (nSPS) is 11.5. The number of nitrogens with zero attached hydrogens (tertiary/aromatic N) is 2. The highest BCUT2D eigenvalue weighted by molar-refractivity contribution is 7.98. The van der Waals surface area contributed by atoms with Crippen LogP contribution in [0.5, 0.6) is 5.75 Å². The molecular formula is C23H19BF4N4O5S2. The molecule has 39 heavy (non-hydrogen) atoms. The van der Waals surface area contributed by atoms with Crippen molar-refractivity contribution in [2.24, 2.45) is 0 Å². The number of rotatable bonds is 8. The zero-order valence-corrected chi connectivity index (χ0v) is 21.6. The van der Waals surface area contributed by atoms with Crippen molar-refractivity contribution in [1.29, 1.82) is 0 Å². The minimum Gasteiger partial charge on any atom is -0.497 e. The van der Waals surface area contributed by atoms with E-state index in [2.05, 4.69) is 21.3 Å². The average Bonchev–Trinajstić information content (AvgIpc) is 2.89. The van der Waals surface area contributed by atoms with Crippen LogP contribution in [0.2, 0.25) is 0 Å². The molecule has 204 valence electrons. The lowest BCUT2D eigenvalue weighted by Crippen LogP contribution is -2.81. The fraction of sp³-hybridized carbons (Fsp3) is 0.0870. The van der Waals surface area contributed by atoms with Gasteiger partial charge < -0.3 is 22.0 Å². The molecule has 1 aliphatic carbocycles. The van der Waals surface area contributed by atoms with Crippen molar-refractivity contribution in [2.75, 3.05) is 12.5 Å². The quantitative estimate of drug-likeness (QED) is 0.0954. The van der Waals surface area contributed by atoms with Crippen LogP contribution in [-0.2, 0) is 5.75 Å². The van der Waals surface area contributed by atoms with Crippen molar-refractivity contribution in [1.82, 2.24) is 0 Å². The molecule has 0 aromatic heterocycles. The lowest BCUT2D eigenvalue weighted by molar-refractivity contribution is -0.466. The fourth-order valence-corrected chi connectivity index (χ4v) is 5.16. The largest absolute Gasteiger partial charge is 0.673 e. The lowest BCUT2D eigenvalue weighted by atomic mass is 10.1. The number of hydrogen-bond acceptors (Lipinski definition) is 8. The van der Waals surface area contributed by atoms with Gasteiger partial charge in [0.25, 0.3) is 5.69 Å². The monoisotopic (exact) mass is 582 g/mol. The summed E-state index contributed by atoms with van der Waals surface area (Å²) in [4.78, 5) is 22.1. The molecule has 0 fully saturated rings. The van der Waals surface area contributed by atoms with Crippen LogP contribution in [0.3, 0.4) is 0 Å². The number of methoxy groups -OCH3 is 1. The van der Waals surface area contributed by atoms with Crippen molar-refractivity contribution in [3.05, 3.63) is 103 Å². The molecule has 9 nitrogen and oxygen atoms in total. The van der Waals surface area contributed by atoms with E-state index in [1.807, 2.05) is 42.5 Å². The summed E-state index contributed by atoms with van der Waals surface area (Å²) in [6.45, 7) is 0. The van der Waals surface area contributed by atoms with Crippen LogP contribution in [0, 0.1) is 20.2 Å². The van der Waals surface area contributed by atoms with Crippen molar-refractivity contribution in [3.8, 4) is 16.9 Å². The first-order valence-electron chi connectivity index (χ1n) is 10.9. The highest BCUT2D eigenvalue weighted by atomic mass is 32.2. The first-order valence-corrected chi connectivity index (χ1v) is 12.8. The van der Waals surface area contributed by atoms with Crippen LogP contribution in [0.1, 0.15) is 5.56 Å². The van der Waals surface area contributed by atoms with Gasteiger partial charge in [0.05, 0.1) is 23.0 Å². The molecule has 0 radical (unpaired) electrons. The van der Waals surface area contributed by atoms with E-state index in [4.69, 9.17) is 4.74 Å². The third kappa shape index (κ3) is 8.96. The van der Waals surface area contributed by atoms with E-state index in [-0.39, 0.29) is 17.1 Å². The molecule has 0 unspecified atom stereocenters. The second-order valence-electron chi connectivity index (χ2n) is 7.64. The third-order valence-corrected chi connectivity index (χ3v) is 7.01. The van der Waals surface area contributed by atoms with Gasteiger partial charge in [-0.05, 0) is 40.8 Å². The molecular weight excluding hydrogens is 563 g/mol. The van der Waals surface area contributed by atoms with E-state index in [1.165, 1.54) is 17.7 Å². The molecule has 0 bridgehead atoms. The summed E-state index contributed by atoms with van der Waals surface area (Å²) in [5.74, 6) is 1.61. The number of non-ortho nitro benzene ring substituents is 1. The van der Waals surface area contributed by atoms with Crippen molar-refractivity contribution in [3.63, 3.8) is 0 Å². The molecule has 2 aromatic rings. The van der Waals surface area contributed by atoms with Gasteiger partial charge >= 0.3 is 12.9 Å². The number of ether oxygens (including phenoxy) is 1. The number of nitro benzene ring substituents is 2. The molecule has 0 saturated heterocycles. The lowest BCUT2D eigenvalue weighted by Gasteiger charge is -2.10. The number of thioether (sulfide) groups is 1. The number of anilines is 1. The number of hydrogen-bond donors (Lipinski definition) is 2. The molecule has 16 heteroatoms. The molecule has 1 heterocycles. The van der Waals surface area contributed by atoms with Crippen LogP contribution in [0.15, 0.2) is 76.3 Å². The Labute approximate surface area is 226 Å². The molecule has 0 spiro atoms. The van der Waals surface area contributed by atoms with Crippen LogP contribution in [0.4, 0.5) is 34.3 Å². The Morgan fingerprint density at radius 2 is 1.67 bits per heavy atom. The van der Waals surface area contributed by atoms with Gasteiger partial charge in [-0.2, -0.15) is 16.8 Å². The second-order valence-corrected chi connectivity index (χ2v) is 9.40. The number of hydrazine groups is 1. The fourth-order valence-electron chi connectivity index (χ4n) is 3.21. The van der Waals surface area contributed by atoms with E-state index in [1.54, 1.807) is 30.2 Å². The Morgan fingerprint density at radius 1 is 0.974 bits per heavy atom. The van der Waals surface area contributed by atoms with E-state index in [9.17, 15) is 37.5 Å². The molecule has 2 N–H and O–H groups in total. The summed E-state index contributed by atoms with van der Waals surface area (Å²) in [6.07, 6.45) is 0. The van der Waals surface area contributed by atoms with Gasteiger partial charge in [0.1, 0.15) is 5.75 Å². The Hall–Kier alpha value is -4.18. The van der Waals surface area contributed by atoms with Gasteiger partial charge in [-0.25, -0.2) is 0 Å². The summed E-state index contributed by atoms with van der Waals surface area (Å²) in [6, 6.07) is 17.2. The van der Waals surface area contributed by atoms with Crippen LogP contribution >= 0.6 is 23.1 Å². The smallest absolute Gasteiger partial charge is 0.497 e. The number of halogens is 4. The number of benzene rings is 3. The van der Waals surface area contributed by atoms with Gasteiger partial charge in [-0.15, -0.1) is 16.9 Å². The Bertz CT molecular complexity index is 1500. The summed E-state index contributed by atoms with van der Waals surface area (Å²) >= 11 is 3.34. The number of nitro groups is 2. The first kappa shape index (κ1) is 29.4. The second kappa shape index (κ2) is 13.1. The maximum atomic E-state index is 11.4. The van der Waals surface area contributed by atoms with Crippen LogP contribution in [-0.4, -0.2) is 24.2 Å². The predicted molar refractivity (Wildman–Crippen MR) is 141 cm³/mol. The van der Waals surface area contributed by atoms with Crippen LogP contribution < -0.4 is 20.6 Å².